The molecule has 0 spiro atoms. The van der Waals surface area contributed by atoms with Crippen molar-refractivity contribution in [3.05, 3.63) is 59.2 Å². The first-order valence-corrected chi connectivity index (χ1v) is 10.1. The first-order chi connectivity index (χ1) is 13.2. The van der Waals surface area contributed by atoms with Gasteiger partial charge in [0.05, 0.1) is 13.3 Å². The Morgan fingerprint density at radius 2 is 1.81 bits per heavy atom. The van der Waals surface area contributed by atoms with Gasteiger partial charge >= 0.3 is 0 Å². The molecule has 0 saturated carbocycles. The van der Waals surface area contributed by atoms with Crippen LogP contribution in [0.5, 0.6) is 0 Å². The summed E-state index contributed by atoms with van der Waals surface area (Å²) in [5.41, 5.74) is 6.50. The highest BCUT2D eigenvalue weighted by molar-refractivity contribution is 5.68. The van der Waals surface area contributed by atoms with Crippen molar-refractivity contribution in [3.63, 3.8) is 0 Å². The second-order valence-corrected chi connectivity index (χ2v) is 7.82. The average molecular weight is 368 g/mol. The second-order valence-electron chi connectivity index (χ2n) is 7.82. The van der Waals surface area contributed by atoms with Gasteiger partial charge in [-0.05, 0) is 61.9 Å². The van der Waals surface area contributed by atoms with E-state index in [0.29, 0.717) is 26.2 Å². The predicted octanol–water partition coefficient (Wildman–Crippen LogP) is 4.99. The highest BCUT2D eigenvalue weighted by atomic mass is 19.1. The van der Waals surface area contributed by atoms with E-state index in [9.17, 15) is 4.39 Å². The summed E-state index contributed by atoms with van der Waals surface area (Å²) in [6.45, 7) is 6.01. The van der Waals surface area contributed by atoms with Crippen molar-refractivity contribution in [3.8, 4) is 0 Å². The number of aryl methyl sites for hydroxylation is 2. The van der Waals surface area contributed by atoms with Crippen molar-refractivity contribution in [2.24, 2.45) is 0 Å². The molecule has 0 radical (unpaired) electrons. The summed E-state index contributed by atoms with van der Waals surface area (Å²) in [6.07, 6.45) is 2.94. The molecule has 4 rings (SSSR count). The molecule has 2 aromatic carbocycles. The minimum absolute atomic E-state index is 0.597. The largest absolute Gasteiger partial charge is 0.361 e. The maximum absolute atomic E-state index is 13.2. The van der Waals surface area contributed by atoms with Crippen LogP contribution < -0.4 is 4.90 Å². The number of hydrogen-bond acceptors (Lipinski definition) is 3. The fourth-order valence-corrected chi connectivity index (χ4v) is 4.06. The zero-order valence-corrected chi connectivity index (χ0v) is 16.2. The summed E-state index contributed by atoms with van der Waals surface area (Å²) >= 11 is 0. The third kappa shape index (κ3) is 4.50. The van der Waals surface area contributed by atoms with Gasteiger partial charge in [-0.1, -0.05) is 29.8 Å². The quantitative estimate of drug-likeness (QED) is 0.740. The van der Waals surface area contributed by atoms with Crippen LogP contribution in [0.15, 0.2) is 42.5 Å². The van der Waals surface area contributed by atoms with Crippen LogP contribution in [0.4, 0.5) is 15.8 Å². The fourth-order valence-electron chi connectivity index (χ4n) is 4.06. The van der Waals surface area contributed by atoms with Gasteiger partial charge in [-0.2, -0.15) is 0 Å². The zero-order chi connectivity index (χ0) is 18.6. The number of halogens is 1. The van der Waals surface area contributed by atoms with E-state index >= 15 is 0 Å². The van der Waals surface area contributed by atoms with Gasteiger partial charge in [0.2, 0.25) is 0 Å². The van der Waals surface area contributed by atoms with Crippen LogP contribution in [0.25, 0.3) is 0 Å². The number of rotatable bonds is 5. The molecule has 1 fully saturated rings. The highest BCUT2D eigenvalue weighted by Gasteiger charge is 2.20. The second kappa shape index (κ2) is 8.41. The summed E-state index contributed by atoms with van der Waals surface area (Å²) in [5, 5.41) is 0. The Labute approximate surface area is 161 Å². The lowest BCUT2D eigenvalue weighted by molar-refractivity contribution is -0.00125. The van der Waals surface area contributed by atoms with E-state index in [1.165, 1.54) is 34.5 Å². The molecule has 2 heterocycles. The molecular formula is C23H29FN2O. The number of ether oxygens (including phenoxy) is 1. The Morgan fingerprint density at radius 1 is 1.04 bits per heavy atom. The summed E-state index contributed by atoms with van der Waals surface area (Å²) in [5.74, 6) is 0. The van der Waals surface area contributed by atoms with Crippen molar-refractivity contribution in [1.29, 1.82) is 0 Å². The molecule has 2 aliphatic heterocycles. The van der Waals surface area contributed by atoms with Gasteiger partial charge < -0.3 is 9.64 Å². The smallest absolute Gasteiger partial charge is 0.103 e. The van der Waals surface area contributed by atoms with Crippen molar-refractivity contribution in [2.45, 2.75) is 45.4 Å². The maximum Gasteiger partial charge on any atom is 0.103 e. The normalized spacial score (nSPS) is 18.5. The topological polar surface area (TPSA) is 15.7 Å². The van der Waals surface area contributed by atoms with Gasteiger partial charge in [0.25, 0.3) is 0 Å². The number of alkyl halides is 1. The third-order valence-electron chi connectivity index (χ3n) is 5.67. The van der Waals surface area contributed by atoms with E-state index in [-0.39, 0.29) is 0 Å². The predicted molar refractivity (Wildman–Crippen MR) is 108 cm³/mol. The number of anilines is 2. The van der Waals surface area contributed by atoms with Crippen molar-refractivity contribution < 1.29 is 9.13 Å². The lowest BCUT2D eigenvalue weighted by atomic mass is 9.98. The molecule has 4 heteroatoms. The molecule has 144 valence electrons. The van der Waals surface area contributed by atoms with E-state index in [1.807, 2.05) is 0 Å². The molecule has 0 aliphatic carbocycles. The van der Waals surface area contributed by atoms with E-state index in [1.54, 1.807) is 0 Å². The Bertz CT molecular complexity index is 753. The van der Waals surface area contributed by atoms with E-state index < -0.39 is 6.17 Å². The van der Waals surface area contributed by atoms with Crippen LogP contribution >= 0.6 is 0 Å². The number of hydrogen-bond donors (Lipinski definition) is 0. The Hall–Kier alpha value is -1.91. The third-order valence-corrected chi connectivity index (χ3v) is 5.67. The first kappa shape index (κ1) is 18.5. The first-order valence-electron chi connectivity index (χ1n) is 10.1. The maximum atomic E-state index is 13.2. The van der Waals surface area contributed by atoms with Crippen molar-refractivity contribution >= 4 is 11.4 Å². The number of fused-ring (bicyclic) bond motifs is 1. The van der Waals surface area contributed by atoms with Gasteiger partial charge in [0.15, 0.2) is 0 Å². The monoisotopic (exact) mass is 368 g/mol. The Balaban J connectivity index is 1.38. The molecule has 2 aromatic rings. The molecule has 0 atom stereocenters. The molecule has 0 N–H and O–H groups in total. The SMILES string of the molecule is Cc1ccc(N2CCCc3cc(COCN4CCC(F)CC4)ccc32)cc1. The summed E-state index contributed by atoms with van der Waals surface area (Å²) in [6, 6.07) is 15.5. The molecule has 0 amide bonds. The van der Waals surface area contributed by atoms with Crippen LogP contribution in [-0.2, 0) is 17.8 Å². The number of benzene rings is 2. The van der Waals surface area contributed by atoms with Gasteiger partial charge in [-0.15, -0.1) is 0 Å². The van der Waals surface area contributed by atoms with Crippen LogP contribution in [0.3, 0.4) is 0 Å². The van der Waals surface area contributed by atoms with Crippen LogP contribution in [0.1, 0.15) is 36.0 Å². The van der Waals surface area contributed by atoms with E-state index in [4.69, 9.17) is 4.74 Å². The summed E-state index contributed by atoms with van der Waals surface area (Å²) < 4.78 is 19.1. The van der Waals surface area contributed by atoms with Crippen molar-refractivity contribution in [1.82, 2.24) is 4.90 Å². The Morgan fingerprint density at radius 3 is 2.59 bits per heavy atom. The van der Waals surface area contributed by atoms with Crippen LogP contribution in [0.2, 0.25) is 0 Å². The van der Waals surface area contributed by atoms with Crippen LogP contribution in [0, 0.1) is 6.92 Å². The van der Waals surface area contributed by atoms with E-state index in [2.05, 4.69) is 59.2 Å². The standard InChI is InChI=1S/C23H29FN2O/c1-18-4-7-22(8-5-18)26-12-2-3-20-15-19(6-9-23(20)26)16-27-17-25-13-10-21(24)11-14-25/h4-9,15,21H,2-3,10-14,16-17H2,1H3. The average Bonchev–Trinajstić information content (AvgIpc) is 2.69. The summed E-state index contributed by atoms with van der Waals surface area (Å²) in [7, 11) is 0. The number of likely N-dealkylation sites (tertiary alicyclic amines) is 1. The lowest BCUT2D eigenvalue weighted by Gasteiger charge is -2.32. The molecule has 0 aromatic heterocycles. The number of piperidine rings is 1. The lowest BCUT2D eigenvalue weighted by Crippen LogP contribution is -2.35. The van der Waals surface area contributed by atoms with Gasteiger partial charge in [0.1, 0.15) is 6.17 Å². The Kier molecular flexibility index (Phi) is 5.74. The van der Waals surface area contributed by atoms with Crippen molar-refractivity contribution in [2.75, 3.05) is 31.3 Å². The van der Waals surface area contributed by atoms with Crippen LogP contribution in [-0.4, -0.2) is 37.4 Å². The molecule has 3 nitrogen and oxygen atoms in total. The minimum Gasteiger partial charge on any atom is -0.361 e. The van der Waals surface area contributed by atoms with Gasteiger partial charge in [0, 0.05) is 31.0 Å². The molecule has 1 saturated heterocycles. The molecule has 0 bridgehead atoms. The molecule has 27 heavy (non-hydrogen) atoms. The van der Waals surface area contributed by atoms with Gasteiger partial charge in [-0.3, -0.25) is 4.90 Å². The summed E-state index contributed by atoms with van der Waals surface area (Å²) in [4.78, 5) is 4.62. The minimum atomic E-state index is -0.627. The van der Waals surface area contributed by atoms with E-state index in [0.717, 1.165) is 26.1 Å². The zero-order valence-electron chi connectivity index (χ0n) is 16.2. The number of nitrogens with zero attached hydrogens (tertiary/aromatic N) is 2. The molecule has 0 unspecified atom stereocenters. The van der Waals surface area contributed by atoms with Gasteiger partial charge in [-0.25, -0.2) is 4.39 Å². The molecular weight excluding hydrogens is 339 g/mol. The fraction of sp³-hybridized carbons (Fsp3) is 0.478. The highest BCUT2D eigenvalue weighted by Crippen LogP contribution is 2.34. The molecule has 2 aliphatic rings.